The first-order valence-corrected chi connectivity index (χ1v) is 6.52. The minimum atomic E-state index is -0.245. The van der Waals surface area contributed by atoms with Gasteiger partial charge in [-0.05, 0) is 35.7 Å². The second-order valence-electron chi connectivity index (χ2n) is 5.31. The van der Waals surface area contributed by atoms with Crippen LogP contribution in [0.25, 0.3) is 11.1 Å². The van der Waals surface area contributed by atoms with E-state index in [4.69, 9.17) is 5.73 Å². The molecule has 1 aliphatic rings. The number of hydrogen-bond donors (Lipinski definition) is 2. The van der Waals surface area contributed by atoms with Gasteiger partial charge in [0.15, 0.2) is 0 Å². The van der Waals surface area contributed by atoms with Crippen molar-refractivity contribution >= 4 is 5.84 Å². The standard InChI is InChI=1S/C16H16FN3/c1-16(10-15(18)19-20-16)13-6-2-11(3-7-13)12-4-8-14(17)9-5-12/h2-9,20H,10H2,1H3,(H2,18,19). The van der Waals surface area contributed by atoms with Gasteiger partial charge in [0.25, 0.3) is 0 Å². The van der Waals surface area contributed by atoms with E-state index in [9.17, 15) is 4.39 Å². The monoisotopic (exact) mass is 269 g/mol. The Morgan fingerprint density at radius 2 is 1.60 bits per heavy atom. The van der Waals surface area contributed by atoms with Gasteiger partial charge in [0.1, 0.15) is 11.7 Å². The number of hydrogen-bond acceptors (Lipinski definition) is 3. The number of nitrogens with two attached hydrogens (primary N) is 1. The summed E-state index contributed by atoms with van der Waals surface area (Å²) in [5, 5.41) is 4.06. The Balaban J connectivity index is 1.87. The molecule has 102 valence electrons. The summed E-state index contributed by atoms with van der Waals surface area (Å²) in [5.41, 5.74) is 11.8. The zero-order chi connectivity index (χ0) is 14.2. The topological polar surface area (TPSA) is 50.4 Å². The molecule has 3 nitrogen and oxygen atoms in total. The van der Waals surface area contributed by atoms with Crippen molar-refractivity contribution in [2.75, 3.05) is 0 Å². The summed E-state index contributed by atoms with van der Waals surface area (Å²) in [7, 11) is 0. The van der Waals surface area contributed by atoms with Crippen LogP contribution in [0.3, 0.4) is 0 Å². The Kier molecular flexibility index (Phi) is 2.93. The van der Waals surface area contributed by atoms with Crippen molar-refractivity contribution in [3.63, 3.8) is 0 Å². The van der Waals surface area contributed by atoms with E-state index in [1.54, 1.807) is 12.1 Å². The lowest BCUT2D eigenvalue weighted by Gasteiger charge is -2.24. The second kappa shape index (κ2) is 4.63. The lowest BCUT2D eigenvalue weighted by molar-refractivity contribution is 0.421. The first kappa shape index (κ1) is 12.7. The summed E-state index contributed by atoms with van der Waals surface area (Å²) >= 11 is 0. The fourth-order valence-electron chi connectivity index (χ4n) is 2.48. The quantitative estimate of drug-likeness (QED) is 0.880. The molecule has 2 aromatic carbocycles. The van der Waals surface area contributed by atoms with E-state index >= 15 is 0 Å². The van der Waals surface area contributed by atoms with Crippen molar-refractivity contribution in [3.05, 3.63) is 59.9 Å². The van der Waals surface area contributed by atoms with Crippen molar-refractivity contribution in [2.24, 2.45) is 10.8 Å². The normalized spacial score (nSPS) is 21.4. The molecule has 0 saturated carbocycles. The van der Waals surface area contributed by atoms with Gasteiger partial charge in [0, 0.05) is 6.42 Å². The van der Waals surface area contributed by atoms with Crippen molar-refractivity contribution in [3.8, 4) is 11.1 Å². The smallest absolute Gasteiger partial charge is 0.123 e. The molecule has 0 spiro atoms. The fraction of sp³-hybridized carbons (Fsp3) is 0.188. The van der Waals surface area contributed by atoms with Gasteiger partial charge < -0.3 is 5.73 Å². The number of amidine groups is 1. The highest BCUT2D eigenvalue weighted by atomic mass is 19.1. The molecule has 2 aromatic rings. The zero-order valence-electron chi connectivity index (χ0n) is 11.2. The van der Waals surface area contributed by atoms with E-state index in [0.717, 1.165) is 16.7 Å². The predicted molar refractivity (Wildman–Crippen MR) is 78.6 cm³/mol. The van der Waals surface area contributed by atoms with Crippen LogP contribution in [-0.2, 0) is 5.54 Å². The molecule has 0 radical (unpaired) electrons. The third-order valence-electron chi connectivity index (χ3n) is 3.68. The number of benzene rings is 2. The van der Waals surface area contributed by atoms with Gasteiger partial charge in [-0.15, -0.1) is 0 Å². The highest BCUT2D eigenvalue weighted by Crippen LogP contribution is 2.30. The largest absolute Gasteiger partial charge is 0.386 e. The van der Waals surface area contributed by atoms with Gasteiger partial charge in [-0.3, -0.25) is 5.43 Å². The summed E-state index contributed by atoms with van der Waals surface area (Å²) in [5.74, 6) is 0.399. The molecule has 20 heavy (non-hydrogen) atoms. The average Bonchev–Trinajstić information content (AvgIpc) is 2.81. The summed E-state index contributed by atoms with van der Waals surface area (Å²) in [6, 6.07) is 14.7. The first-order chi connectivity index (χ1) is 9.57. The van der Waals surface area contributed by atoms with Crippen LogP contribution in [0.5, 0.6) is 0 Å². The lowest BCUT2D eigenvalue weighted by Crippen LogP contribution is -2.32. The molecule has 1 aliphatic heterocycles. The van der Waals surface area contributed by atoms with Gasteiger partial charge in [0.2, 0.25) is 0 Å². The number of hydrazone groups is 1. The van der Waals surface area contributed by atoms with Gasteiger partial charge in [-0.25, -0.2) is 4.39 Å². The van der Waals surface area contributed by atoms with Crippen LogP contribution in [0.4, 0.5) is 4.39 Å². The van der Waals surface area contributed by atoms with Crippen LogP contribution < -0.4 is 11.2 Å². The van der Waals surface area contributed by atoms with Crippen molar-refractivity contribution in [1.82, 2.24) is 5.43 Å². The molecule has 0 saturated heterocycles. The lowest BCUT2D eigenvalue weighted by atomic mass is 9.88. The third kappa shape index (κ3) is 2.25. The Labute approximate surface area is 117 Å². The maximum Gasteiger partial charge on any atom is 0.123 e. The zero-order valence-corrected chi connectivity index (χ0v) is 11.2. The molecule has 1 heterocycles. The predicted octanol–water partition coefficient (Wildman–Crippen LogP) is 2.97. The molecule has 3 rings (SSSR count). The first-order valence-electron chi connectivity index (χ1n) is 6.52. The minimum Gasteiger partial charge on any atom is -0.386 e. The van der Waals surface area contributed by atoms with E-state index in [1.165, 1.54) is 12.1 Å². The average molecular weight is 269 g/mol. The number of nitrogens with one attached hydrogen (secondary N) is 1. The van der Waals surface area contributed by atoms with Crippen molar-refractivity contribution in [1.29, 1.82) is 0 Å². The summed E-state index contributed by atoms with van der Waals surface area (Å²) in [6.07, 6.45) is 0.697. The van der Waals surface area contributed by atoms with Crippen molar-refractivity contribution < 1.29 is 4.39 Å². The Morgan fingerprint density at radius 3 is 2.10 bits per heavy atom. The van der Waals surface area contributed by atoms with E-state index in [1.807, 2.05) is 12.1 Å². The molecule has 0 aromatic heterocycles. The SMILES string of the molecule is CC1(c2ccc(-c3ccc(F)cc3)cc2)CC(N)=NN1. The summed E-state index contributed by atoms with van der Waals surface area (Å²) in [4.78, 5) is 0. The molecule has 3 N–H and O–H groups in total. The van der Waals surface area contributed by atoms with Crippen LogP contribution >= 0.6 is 0 Å². The van der Waals surface area contributed by atoms with Gasteiger partial charge >= 0.3 is 0 Å². The summed E-state index contributed by atoms with van der Waals surface area (Å²) in [6.45, 7) is 2.07. The number of halogens is 1. The Bertz CT molecular complexity index is 646. The molecule has 1 atom stereocenters. The number of nitrogens with zero attached hydrogens (tertiary/aromatic N) is 1. The van der Waals surface area contributed by atoms with Crippen LogP contribution in [0.1, 0.15) is 18.9 Å². The molecule has 0 fully saturated rings. The maximum absolute atomic E-state index is 12.9. The Hall–Kier alpha value is -2.36. The minimum absolute atomic E-state index is 0.222. The van der Waals surface area contributed by atoms with Gasteiger partial charge in [-0.1, -0.05) is 36.4 Å². The molecule has 1 unspecified atom stereocenters. The highest BCUT2D eigenvalue weighted by molar-refractivity contribution is 5.83. The van der Waals surface area contributed by atoms with Crippen LogP contribution in [0, 0.1) is 5.82 Å². The van der Waals surface area contributed by atoms with E-state index in [0.29, 0.717) is 12.3 Å². The van der Waals surface area contributed by atoms with E-state index < -0.39 is 0 Å². The summed E-state index contributed by atoms with van der Waals surface area (Å²) < 4.78 is 12.9. The third-order valence-corrected chi connectivity index (χ3v) is 3.68. The second-order valence-corrected chi connectivity index (χ2v) is 5.31. The van der Waals surface area contributed by atoms with Gasteiger partial charge in [0.05, 0.1) is 5.54 Å². The van der Waals surface area contributed by atoms with Crippen LogP contribution in [0.2, 0.25) is 0 Å². The van der Waals surface area contributed by atoms with Gasteiger partial charge in [-0.2, -0.15) is 5.10 Å². The molecular formula is C16H16FN3. The molecule has 0 aliphatic carbocycles. The fourth-order valence-corrected chi connectivity index (χ4v) is 2.48. The Morgan fingerprint density at radius 1 is 1.05 bits per heavy atom. The molecule has 0 amide bonds. The molecule has 0 bridgehead atoms. The maximum atomic E-state index is 12.9. The molecule has 4 heteroatoms. The van der Waals surface area contributed by atoms with E-state index in [-0.39, 0.29) is 11.4 Å². The van der Waals surface area contributed by atoms with Crippen LogP contribution in [0.15, 0.2) is 53.6 Å². The van der Waals surface area contributed by atoms with E-state index in [2.05, 4.69) is 29.6 Å². The van der Waals surface area contributed by atoms with Crippen LogP contribution in [-0.4, -0.2) is 5.84 Å². The number of rotatable bonds is 2. The molecular weight excluding hydrogens is 253 g/mol. The van der Waals surface area contributed by atoms with Crippen molar-refractivity contribution in [2.45, 2.75) is 18.9 Å². The highest BCUT2D eigenvalue weighted by Gasteiger charge is 2.31.